The number of aliphatic hydroxyl groups is 1. The Kier molecular flexibility index (Phi) is 9.36. The van der Waals surface area contributed by atoms with Crippen molar-refractivity contribution in [3.63, 3.8) is 0 Å². The first kappa shape index (κ1) is 18.2. The molecular formula is C19H32O2. The third-order valence-electron chi connectivity index (χ3n) is 3.68. The average Bonchev–Trinajstić information content (AvgIpc) is 2.46. The van der Waals surface area contributed by atoms with E-state index in [-0.39, 0.29) is 0 Å². The van der Waals surface area contributed by atoms with Crippen LogP contribution in [0.5, 0.6) is 0 Å². The van der Waals surface area contributed by atoms with Gasteiger partial charge in [0.25, 0.3) is 0 Å². The molecule has 0 saturated heterocycles. The second-order valence-corrected chi connectivity index (χ2v) is 6.34. The predicted octanol–water partition coefficient (Wildman–Crippen LogP) is 4.91. The largest absolute Gasteiger partial charge is 0.386 e. The molecule has 1 N–H and O–H groups in total. The molecule has 21 heavy (non-hydrogen) atoms. The molecule has 0 heterocycles. The molecule has 1 aromatic carbocycles. The Balaban J connectivity index is 2.21. The minimum Gasteiger partial charge on any atom is -0.386 e. The molecular weight excluding hydrogens is 260 g/mol. The van der Waals surface area contributed by atoms with Crippen molar-refractivity contribution >= 4 is 0 Å². The lowest BCUT2D eigenvalue weighted by atomic mass is 10.0. The van der Waals surface area contributed by atoms with Crippen LogP contribution in [0.1, 0.15) is 70.1 Å². The first-order valence-electron chi connectivity index (χ1n) is 8.48. The summed E-state index contributed by atoms with van der Waals surface area (Å²) < 4.78 is 5.57. The monoisotopic (exact) mass is 292 g/mol. The molecule has 0 aliphatic rings. The summed E-state index contributed by atoms with van der Waals surface area (Å²) in [7, 11) is 0. The fourth-order valence-electron chi connectivity index (χ4n) is 2.45. The zero-order valence-corrected chi connectivity index (χ0v) is 14.0. The maximum absolute atomic E-state index is 10.1. The van der Waals surface area contributed by atoms with Crippen LogP contribution in [0.4, 0.5) is 0 Å². The highest BCUT2D eigenvalue weighted by Crippen LogP contribution is 2.16. The van der Waals surface area contributed by atoms with Crippen LogP contribution in [0.15, 0.2) is 24.3 Å². The quantitative estimate of drug-likeness (QED) is 0.587. The lowest BCUT2D eigenvalue weighted by Gasteiger charge is -2.13. The fourth-order valence-corrected chi connectivity index (χ4v) is 2.45. The zero-order chi connectivity index (χ0) is 15.5. The van der Waals surface area contributed by atoms with E-state index in [0.717, 1.165) is 25.0 Å². The van der Waals surface area contributed by atoms with Crippen molar-refractivity contribution in [1.29, 1.82) is 0 Å². The molecule has 0 bridgehead atoms. The predicted molar refractivity (Wildman–Crippen MR) is 89.5 cm³/mol. The minimum atomic E-state index is -0.506. The Hall–Kier alpha value is -0.860. The molecule has 0 saturated carbocycles. The van der Waals surface area contributed by atoms with Gasteiger partial charge in [-0.1, -0.05) is 70.7 Å². The van der Waals surface area contributed by atoms with E-state index in [1.807, 2.05) is 12.1 Å². The first-order chi connectivity index (χ1) is 10.1. The summed E-state index contributed by atoms with van der Waals surface area (Å²) >= 11 is 0. The molecule has 0 radical (unpaired) electrons. The smallest absolute Gasteiger partial charge is 0.102 e. The van der Waals surface area contributed by atoms with Gasteiger partial charge in [-0.2, -0.15) is 0 Å². The second-order valence-electron chi connectivity index (χ2n) is 6.34. The van der Waals surface area contributed by atoms with Gasteiger partial charge in [0, 0.05) is 6.61 Å². The lowest BCUT2D eigenvalue weighted by Crippen LogP contribution is -2.08. The van der Waals surface area contributed by atoms with Crippen molar-refractivity contribution in [2.45, 2.75) is 65.4 Å². The molecule has 0 aliphatic carbocycles. The highest BCUT2D eigenvalue weighted by molar-refractivity contribution is 5.24. The highest BCUT2D eigenvalue weighted by Gasteiger charge is 2.07. The van der Waals surface area contributed by atoms with Gasteiger partial charge in [0.15, 0.2) is 0 Å². The molecule has 0 aliphatic heterocycles. The summed E-state index contributed by atoms with van der Waals surface area (Å²) in [5.41, 5.74) is 2.28. The molecule has 1 unspecified atom stereocenters. The van der Waals surface area contributed by atoms with Crippen LogP contribution >= 0.6 is 0 Å². The normalized spacial score (nSPS) is 12.8. The van der Waals surface area contributed by atoms with E-state index in [0.29, 0.717) is 12.5 Å². The number of hydrogen-bond acceptors (Lipinski definition) is 2. The van der Waals surface area contributed by atoms with Crippen LogP contribution in [0, 0.1) is 5.92 Å². The molecule has 120 valence electrons. The second kappa shape index (κ2) is 10.8. The van der Waals surface area contributed by atoms with Gasteiger partial charge in [-0.3, -0.25) is 0 Å². The maximum atomic E-state index is 10.1. The number of hydrogen-bond donors (Lipinski definition) is 1. The van der Waals surface area contributed by atoms with Gasteiger partial charge in [0.1, 0.15) is 6.10 Å². The molecule has 0 aromatic heterocycles. The minimum absolute atomic E-state index is 0.400. The van der Waals surface area contributed by atoms with Crippen LogP contribution in [-0.4, -0.2) is 18.3 Å². The van der Waals surface area contributed by atoms with Crippen LogP contribution in [0.25, 0.3) is 0 Å². The number of aliphatic hydroxyl groups excluding tert-OH is 1. The zero-order valence-electron chi connectivity index (χ0n) is 14.0. The van der Waals surface area contributed by atoms with E-state index in [2.05, 4.69) is 32.9 Å². The average molecular weight is 292 g/mol. The van der Waals surface area contributed by atoms with Crippen molar-refractivity contribution in [2.75, 3.05) is 13.2 Å². The van der Waals surface area contributed by atoms with Gasteiger partial charge in [0.2, 0.25) is 0 Å². The molecule has 0 fully saturated rings. The van der Waals surface area contributed by atoms with Crippen LogP contribution in [-0.2, 0) is 11.2 Å². The first-order valence-corrected chi connectivity index (χ1v) is 8.48. The van der Waals surface area contributed by atoms with Gasteiger partial charge < -0.3 is 9.84 Å². The van der Waals surface area contributed by atoms with E-state index in [4.69, 9.17) is 4.74 Å². The Morgan fingerprint density at radius 3 is 2.29 bits per heavy atom. The Morgan fingerprint density at radius 1 is 1.00 bits per heavy atom. The third-order valence-corrected chi connectivity index (χ3v) is 3.68. The van der Waals surface area contributed by atoms with E-state index < -0.39 is 6.10 Å². The summed E-state index contributed by atoms with van der Waals surface area (Å²) in [6.07, 6.45) is 6.78. The van der Waals surface area contributed by atoms with E-state index in [1.54, 1.807) is 0 Å². The molecule has 0 spiro atoms. The Bertz CT molecular complexity index is 356. The Labute approximate surface area is 130 Å². The van der Waals surface area contributed by atoms with Crippen molar-refractivity contribution in [1.82, 2.24) is 0 Å². The van der Waals surface area contributed by atoms with Crippen LogP contribution in [0.3, 0.4) is 0 Å². The lowest BCUT2D eigenvalue weighted by molar-refractivity contribution is 0.0344. The summed E-state index contributed by atoms with van der Waals surface area (Å²) in [5, 5.41) is 10.1. The van der Waals surface area contributed by atoms with Gasteiger partial charge >= 0.3 is 0 Å². The fraction of sp³-hybridized carbons (Fsp3) is 0.684. The van der Waals surface area contributed by atoms with Crippen molar-refractivity contribution in [3.8, 4) is 0 Å². The topological polar surface area (TPSA) is 29.5 Å². The number of rotatable bonds is 11. The molecule has 2 heteroatoms. The Morgan fingerprint density at radius 2 is 1.67 bits per heavy atom. The number of benzene rings is 1. The van der Waals surface area contributed by atoms with Crippen molar-refractivity contribution in [2.24, 2.45) is 5.92 Å². The molecule has 1 aromatic rings. The van der Waals surface area contributed by atoms with E-state index >= 15 is 0 Å². The van der Waals surface area contributed by atoms with Crippen LogP contribution < -0.4 is 0 Å². The molecule has 1 atom stereocenters. The summed E-state index contributed by atoms with van der Waals surface area (Å²) in [5.74, 6) is 0.664. The SMILES string of the molecule is CCCCCCCOCC(O)c1ccc(CC(C)C)cc1. The van der Waals surface area contributed by atoms with Crippen molar-refractivity contribution < 1.29 is 9.84 Å². The summed E-state index contributed by atoms with van der Waals surface area (Å²) in [6, 6.07) is 8.27. The summed E-state index contributed by atoms with van der Waals surface area (Å²) in [4.78, 5) is 0. The highest BCUT2D eigenvalue weighted by atomic mass is 16.5. The molecule has 0 amide bonds. The van der Waals surface area contributed by atoms with Gasteiger partial charge in [-0.15, -0.1) is 0 Å². The van der Waals surface area contributed by atoms with Crippen LogP contribution in [0.2, 0.25) is 0 Å². The number of ether oxygens (including phenoxy) is 1. The van der Waals surface area contributed by atoms with Gasteiger partial charge in [0.05, 0.1) is 6.61 Å². The van der Waals surface area contributed by atoms with E-state index in [1.165, 1.54) is 31.2 Å². The van der Waals surface area contributed by atoms with Gasteiger partial charge in [-0.25, -0.2) is 0 Å². The van der Waals surface area contributed by atoms with Gasteiger partial charge in [-0.05, 0) is 29.9 Å². The van der Waals surface area contributed by atoms with E-state index in [9.17, 15) is 5.11 Å². The molecule has 1 rings (SSSR count). The summed E-state index contributed by atoms with van der Waals surface area (Å²) in [6.45, 7) is 7.82. The third kappa shape index (κ3) is 8.23. The maximum Gasteiger partial charge on any atom is 0.102 e. The van der Waals surface area contributed by atoms with Crippen molar-refractivity contribution in [3.05, 3.63) is 35.4 Å². The standard InChI is InChI=1S/C19H32O2/c1-4-5-6-7-8-13-21-15-19(20)18-11-9-17(10-12-18)14-16(2)3/h9-12,16,19-20H,4-8,13-15H2,1-3H3. The number of unbranched alkanes of at least 4 members (excludes halogenated alkanes) is 4. The molecule has 2 nitrogen and oxygen atoms in total.